The van der Waals surface area contributed by atoms with Crippen LogP contribution in [0.25, 0.3) is 0 Å². The molecule has 0 amide bonds. The maximum atomic E-state index is 11.3. The Morgan fingerprint density at radius 2 is 1.88 bits per heavy atom. The van der Waals surface area contributed by atoms with Gasteiger partial charge < -0.3 is 5.11 Å². The van der Waals surface area contributed by atoms with Crippen molar-refractivity contribution in [3.8, 4) is 0 Å². The number of hydrogen-bond acceptors (Lipinski definition) is 1. The molecule has 0 aromatic carbocycles. The molecule has 90 valence electrons. The molecule has 2 unspecified atom stereocenters. The van der Waals surface area contributed by atoms with E-state index in [1.807, 2.05) is 0 Å². The second-order valence-corrected chi connectivity index (χ2v) is 5.26. The van der Waals surface area contributed by atoms with Crippen LogP contribution in [0.1, 0.15) is 45.4 Å². The second-order valence-electron chi connectivity index (χ2n) is 5.26. The van der Waals surface area contributed by atoms with Crippen LogP contribution in [-0.2, 0) is 4.79 Å². The van der Waals surface area contributed by atoms with Crippen molar-refractivity contribution in [2.24, 2.45) is 23.7 Å². The van der Waals surface area contributed by atoms with Gasteiger partial charge in [0.05, 0.1) is 5.92 Å². The van der Waals surface area contributed by atoms with Gasteiger partial charge in [0.1, 0.15) is 0 Å². The average molecular weight is 222 g/mol. The van der Waals surface area contributed by atoms with Crippen molar-refractivity contribution in [2.45, 2.75) is 45.4 Å². The molecule has 0 saturated heterocycles. The molecule has 4 atom stereocenters. The number of rotatable bonds is 4. The van der Waals surface area contributed by atoms with E-state index >= 15 is 0 Å². The number of aliphatic carboxylic acids is 1. The molecule has 2 nitrogen and oxygen atoms in total. The molecule has 1 N–H and O–H groups in total. The van der Waals surface area contributed by atoms with Crippen LogP contribution >= 0.6 is 0 Å². The molecule has 2 aliphatic carbocycles. The molecule has 0 aliphatic heterocycles. The first-order valence-corrected chi connectivity index (χ1v) is 6.63. The SMILES string of the molecule is CCCC(C(=O)O)C1[C@H]2CC/C=C/CC[C@@H]12. The monoisotopic (exact) mass is 222 g/mol. The van der Waals surface area contributed by atoms with Crippen LogP contribution in [0.5, 0.6) is 0 Å². The van der Waals surface area contributed by atoms with Gasteiger partial charge in [-0.15, -0.1) is 0 Å². The number of carboxylic acids is 1. The second kappa shape index (κ2) is 5.03. The molecule has 0 aromatic rings. The van der Waals surface area contributed by atoms with Gasteiger partial charge in [0.15, 0.2) is 0 Å². The van der Waals surface area contributed by atoms with Crippen LogP contribution < -0.4 is 0 Å². The number of hydrogen-bond donors (Lipinski definition) is 1. The van der Waals surface area contributed by atoms with Crippen LogP contribution in [0.3, 0.4) is 0 Å². The molecule has 2 aliphatic rings. The van der Waals surface area contributed by atoms with E-state index in [0.29, 0.717) is 17.8 Å². The average Bonchev–Trinajstić information content (AvgIpc) is 2.85. The van der Waals surface area contributed by atoms with Gasteiger partial charge in [0, 0.05) is 0 Å². The Bertz CT molecular complexity index is 266. The Hall–Kier alpha value is -0.790. The standard InChI is InChI=1S/C14H22O2/c1-2-7-12(14(15)16)13-10-8-5-3-4-6-9-11(10)13/h3-4,10-13H,2,5-9H2,1H3,(H,15,16)/b4-3+/t10-,11+,12?,13?. The highest BCUT2D eigenvalue weighted by Crippen LogP contribution is 2.57. The summed E-state index contributed by atoms with van der Waals surface area (Å²) in [4.78, 5) is 11.3. The summed E-state index contributed by atoms with van der Waals surface area (Å²) in [5, 5.41) is 9.29. The van der Waals surface area contributed by atoms with Gasteiger partial charge in [-0.1, -0.05) is 25.5 Å². The predicted octanol–water partition coefficient (Wildman–Crippen LogP) is 3.48. The summed E-state index contributed by atoms with van der Waals surface area (Å²) in [6, 6.07) is 0. The minimum atomic E-state index is -0.563. The van der Waals surface area contributed by atoms with Crippen molar-refractivity contribution >= 4 is 5.97 Å². The summed E-state index contributed by atoms with van der Waals surface area (Å²) in [6.07, 6.45) is 11.1. The Kier molecular flexibility index (Phi) is 3.67. The van der Waals surface area contributed by atoms with E-state index in [0.717, 1.165) is 25.7 Å². The normalized spacial score (nSPS) is 36.7. The third-order valence-electron chi connectivity index (χ3n) is 4.28. The van der Waals surface area contributed by atoms with E-state index in [9.17, 15) is 9.90 Å². The van der Waals surface area contributed by atoms with E-state index in [1.54, 1.807) is 0 Å². The lowest BCUT2D eigenvalue weighted by Gasteiger charge is -2.10. The van der Waals surface area contributed by atoms with Crippen LogP contribution in [0, 0.1) is 23.7 Å². The van der Waals surface area contributed by atoms with Gasteiger partial charge in [0.2, 0.25) is 0 Å². The molecular formula is C14H22O2. The number of carboxylic acid groups (broad SMARTS) is 1. The molecule has 0 aromatic heterocycles. The van der Waals surface area contributed by atoms with Crippen molar-refractivity contribution in [3.05, 3.63) is 12.2 Å². The topological polar surface area (TPSA) is 37.3 Å². The maximum Gasteiger partial charge on any atom is 0.306 e. The van der Waals surface area contributed by atoms with Crippen molar-refractivity contribution < 1.29 is 9.90 Å². The van der Waals surface area contributed by atoms with E-state index in [1.165, 1.54) is 12.8 Å². The summed E-state index contributed by atoms with van der Waals surface area (Å²) in [5.74, 6) is 1.26. The minimum absolute atomic E-state index is 0.0712. The Labute approximate surface area is 97.7 Å². The third kappa shape index (κ3) is 2.31. The highest BCUT2D eigenvalue weighted by Gasteiger charge is 2.54. The molecular weight excluding hydrogens is 200 g/mol. The fourth-order valence-electron chi connectivity index (χ4n) is 3.49. The summed E-state index contributed by atoms with van der Waals surface area (Å²) in [7, 11) is 0. The van der Waals surface area contributed by atoms with E-state index in [2.05, 4.69) is 19.1 Å². The Balaban J connectivity index is 1.98. The summed E-state index contributed by atoms with van der Waals surface area (Å²) in [5.41, 5.74) is 0. The van der Waals surface area contributed by atoms with Crippen LogP contribution in [-0.4, -0.2) is 11.1 Å². The molecule has 0 spiro atoms. The zero-order chi connectivity index (χ0) is 11.5. The Morgan fingerprint density at radius 1 is 1.31 bits per heavy atom. The number of carbonyl (C=O) groups is 1. The van der Waals surface area contributed by atoms with Gasteiger partial charge in [-0.25, -0.2) is 0 Å². The van der Waals surface area contributed by atoms with Gasteiger partial charge >= 0.3 is 5.97 Å². The van der Waals surface area contributed by atoms with E-state index in [-0.39, 0.29) is 5.92 Å². The van der Waals surface area contributed by atoms with Crippen molar-refractivity contribution in [1.29, 1.82) is 0 Å². The van der Waals surface area contributed by atoms with Gasteiger partial charge in [-0.2, -0.15) is 0 Å². The van der Waals surface area contributed by atoms with Crippen LogP contribution in [0.4, 0.5) is 0 Å². The first-order valence-electron chi connectivity index (χ1n) is 6.63. The lowest BCUT2D eigenvalue weighted by molar-refractivity contribution is -0.143. The third-order valence-corrected chi connectivity index (χ3v) is 4.28. The molecule has 1 saturated carbocycles. The molecule has 16 heavy (non-hydrogen) atoms. The van der Waals surface area contributed by atoms with E-state index in [4.69, 9.17) is 0 Å². The first-order chi connectivity index (χ1) is 7.75. The molecule has 0 bridgehead atoms. The predicted molar refractivity (Wildman–Crippen MR) is 64.1 cm³/mol. The fourth-order valence-corrected chi connectivity index (χ4v) is 3.49. The number of allylic oxidation sites excluding steroid dienone is 2. The maximum absolute atomic E-state index is 11.3. The summed E-state index contributed by atoms with van der Waals surface area (Å²) >= 11 is 0. The molecule has 2 heteroatoms. The van der Waals surface area contributed by atoms with Crippen LogP contribution in [0.2, 0.25) is 0 Å². The quantitative estimate of drug-likeness (QED) is 0.739. The highest BCUT2D eigenvalue weighted by atomic mass is 16.4. The summed E-state index contributed by atoms with van der Waals surface area (Å²) in [6.45, 7) is 2.09. The first kappa shape index (κ1) is 11.7. The lowest BCUT2D eigenvalue weighted by atomic mass is 9.95. The zero-order valence-corrected chi connectivity index (χ0v) is 10.1. The molecule has 0 radical (unpaired) electrons. The smallest absolute Gasteiger partial charge is 0.306 e. The molecule has 2 rings (SSSR count). The molecule has 1 fully saturated rings. The minimum Gasteiger partial charge on any atom is -0.481 e. The van der Waals surface area contributed by atoms with E-state index < -0.39 is 5.97 Å². The van der Waals surface area contributed by atoms with Crippen molar-refractivity contribution in [1.82, 2.24) is 0 Å². The van der Waals surface area contributed by atoms with Crippen molar-refractivity contribution in [2.75, 3.05) is 0 Å². The zero-order valence-electron chi connectivity index (χ0n) is 10.1. The van der Waals surface area contributed by atoms with Crippen molar-refractivity contribution in [3.63, 3.8) is 0 Å². The molecule has 0 heterocycles. The van der Waals surface area contributed by atoms with Gasteiger partial charge in [0.25, 0.3) is 0 Å². The largest absolute Gasteiger partial charge is 0.481 e. The lowest BCUT2D eigenvalue weighted by Crippen LogP contribution is -2.17. The summed E-state index contributed by atoms with van der Waals surface area (Å²) < 4.78 is 0. The van der Waals surface area contributed by atoms with Gasteiger partial charge in [-0.3, -0.25) is 4.79 Å². The fraction of sp³-hybridized carbons (Fsp3) is 0.786. The number of fused-ring (bicyclic) bond motifs is 1. The Morgan fingerprint density at radius 3 is 2.31 bits per heavy atom. The highest BCUT2D eigenvalue weighted by molar-refractivity contribution is 5.71. The van der Waals surface area contributed by atoms with Crippen LogP contribution in [0.15, 0.2) is 12.2 Å². The van der Waals surface area contributed by atoms with Gasteiger partial charge in [-0.05, 0) is 49.9 Å².